The van der Waals surface area contributed by atoms with Crippen LogP contribution in [-0.4, -0.2) is 17.6 Å². The molecule has 88 valence electrons. The molecule has 0 unspecified atom stereocenters. The fourth-order valence-electron chi connectivity index (χ4n) is 1.13. The van der Waals surface area contributed by atoms with Gasteiger partial charge in [-0.2, -0.15) is 5.26 Å². The summed E-state index contributed by atoms with van der Waals surface area (Å²) in [5.41, 5.74) is 1.68. The highest BCUT2D eigenvalue weighted by molar-refractivity contribution is 9.10. The van der Waals surface area contributed by atoms with Crippen LogP contribution in [0.15, 0.2) is 34.3 Å². The van der Waals surface area contributed by atoms with Crippen molar-refractivity contribution < 1.29 is 9.90 Å². The van der Waals surface area contributed by atoms with E-state index in [0.29, 0.717) is 17.7 Å². The van der Waals surface area contributed by atoms with Gasteiger partial charge in [-0.15, -0.1) is 0 Å². The van der Waals surface area contributed by atoms with E-state index in [2.05, 4.69) is 21.2 Å². The lowest BCUT2D eigenvalue weighted by Gasteiger charge is -2.06. The lowest BCUT2D eigenvalue weighted by atomic mass is 10.2. The molecule has 0 saturated heterocycles. The molecule has 1 rings (SSSR count). The van der Waals surface area contributed by atoms with Crippen molar-refractivity contribution in [2.24, 2.45) is 0 Å². The van der Waals surface area contributed by atoms with Gasteiger partial charge in [-0.3, -0.25) is 0 Å². The van der Waals surface area contributed by atoms with Gasteiger partial charge < -0.3 is 10.4 Å². The van der Waals surface area contributed by atoms with Crippen LogP contribution in [0.4, 0.5) is 5.69 Å². The average Bonchev–Trinajstić information content (AvgIpc) is 2.30. The van der Waals surface area contributed by atoms with Crippen molar-refractivity contribution in [1.29, 1.82) is 5.26 Å². The van der Waals surface area contributed by atoms with Crippen LogP contribution in [0.3, 0.4) is 0 Å². The first-order valence-electron chi connectivity index (χ1n) is 4.88. The van der Waals surface area contributed by atoms with Gasteiger partial charge >= 0.3 is 5.97 Å². The molecule has 0 bridgehead atoms. The van der Waals surface area contributed by atoms with Crippen LogP contribution in [0, 0.1) is 11.3 Å². The minimum absolute atomic E-state index is 0.294. The van der Waals surface area contributed by atoms with Gasteiger partial charge in [0.25, 0.3) is 0 Å². The van der Waals surface area contributed by atoms with Crippen molar-refractivity contribution in [3.8, 4) is 6.07 Å². The predicted molar refractivity (Wildman–Crippen MR) is 68.7 cm³/mol. The van der Waals surface area contributed by atoms with Gasteiger partial charge in [-0.1, -0.05) is 6.08 Å². The molecule has 0 aromatic heterocycles. The highest BCUT2D eigenvalue weighted by Crippen LogP contribution is 2.23. The summed E-state index contributed by atoms with van der Waals surface area (Å²) in [7, 11) is 0. The number of anilines is 1. The Morgan fingerprint density at radius 2 is 2.35 bits per heavy atom. The molecule has 0 atom stereocenters. The summed E-state index contributed by atoms with van der Waals surface area (Å²) in [4.78, 5) is 10.6. The largest absolute Gasteiger partial charge is 0.478 e. The molecule has 0 radical (unpaired) electrons. The van der Waals surface area contributed by atoms with Crippen molar-refractivity contribution in [3.05, 3.63) is 39.9 Å². The van der Waals surface area contributed by atoms with E-state index >= 15 is 0 Å². The number of benzene rings is 1. The van der Waals surface area contributed by atoms with Crippen LogP contribution < -0.4 is 5.32 Å². The molecule has 0 fully saturated rings. The van der Waals surface area contributed by atoms with Gasteiger partial charge in [0.15, 0.2) is 0 Å². The summed E-state index contributed by atoms with van der Waals surface area (Å²) < 4.78 is 0.776. The van der Waals surface area contributed by atoms with Crippen molar-refractivity contribution in [1.82, 2.24) is 0 Å². The molecule has 1 aromatic carbocycles. The van der Waals surface area contributed by atoms with Crippen LogP contribution in [-0.2, 0) is 4.79 Å². The van der Waals surface area contributed by atoms with Gasteiger partial charge in [0, 0.05) is 22.3 Å². The molecule has 17 heavy (non-hydrogen) atoms. The van der Waals surface area contributed by atoms with Crippen LogP contribution in [0.1, 0.15) is 12.5 Å². The molecule has 2 N–H and O–H groups in total. The predicted octanol–water partition coefficient (Wildman–Crippen LogP) is 2.76. The van der Waals surface area contributed by atoms with Gasteiger partial charge in [0.1, 0.15) is 0 Å². The Balaban J connectivity index is 2.68. The highest BCUT2D eigenvalue weighted by atomic mass is 79.9. The van der Waals surface area contributed by atoms with E-state index in [1.165, 1.54) is 6.92 Å². The number of halogens is 1. The van der Waals surface area contributed by atoms with Crippen molar-refractivity contribution >= 4 is 27.6 Å². The van der Waals surface area contributed by atoms with Crippen LogP contribution in [0.25, 0.3) is 0 Å². The van der Waals surface area contributed by atoms with Crippen molar-refractivity contribution in [2.45, 2.75) is 6.92 Å². The molecule has 5 heteroatoms. The first-order valence-corrected chi connectivity index (χ1v) is 5.67. The van der Waals surface area contributed by atoms with E-state index in [1.807, 2.05) is 6.07 Å². The normalized spacial score (nSPS) is 10.8. The molecule has 0 saturated carbocycles. The van der Waals surface area contributed by atoms with Crippen LogP contribution >= 0.6 is 15.9 Å². The SMILES string of the molecule is C/C(=C/CNc1ccc(C#N)cc1Br)C(=O)O. The first-order chi connectivity index (χ1) is 8.04. The number of hydrogen-bond acceptors (Lipinski definition) is 3. The number of rotatable bonds is 4. The molecule has 4 nitrogen and oxygen atoms in total. The Labute approximate surface area is 108 Å². The molecule has 0 aliphatic rings. The van der Waals surface area contributed by atoms with Gasteiger partial charge in [0.05, 0.1) is 11.6 Å². The third kappa shape index (κ3) is 3.93. The van der Waals surface area contributed by atoms with Crippen LogP contribution in [0.2, 0.25) is 0 Å². The molecule has 0 heterocycles. The topological polar surface area (TPSA) is 73.1 Å². The maximum absolute atomic E-state index is 10.6. The minimum Gasteiger partial charge on any atom is -0.478 e. The zero-order valence-corrected chi connectivity index (χ0v) is 10.8. The molecule has 0 aliphatic heterocycles. The number of carboxylic acids is 1. The molecule has 0 amide bonds. The maximum Gasteiger partial charge on any atom is 0.331 e. The number of nitrogens with one attached hydrogen (secondary N) is 1. The number of carboxylic acid groups (broad SMARTS) is 1. The summed E-state index contributed by atoms with van der Waals surface area (Å²) in [5.74, 6) is -0.925. The Morgan fingerprint density at radius 3 is 2.88 bits per heavy atom. The first kappa shape index (κ1) is 13.3. The monoisotopic (exact) mass is 294 g/mol. The summed E-state index contributed by atoms with van der Waals surface area (Å²) in [6, 6.07) is 7.21. The lowest BCUT2D eigenvalue weighted by Crippen LogP contribution is -2.03. The summed E-state index contributed by atoms with van der Waals surface area (Å²) in [5, 5.41) is 20.4. The zero-order chi connectivity index (χ0) is 12.8. The van der Waals surface area contributed by atoms with Gasteiger partial charge in [-0.25, -0.2) is 4.79 Å². The standard InChI is InChI=1S/C12H11BrN2O2/c1-8(12(16)17)4-5-15-11-3-2-9(7-14)6-10(11)13/h2-4,6,15H,5H2,1H3,(H,16,17)/b8-4-. The van der Waals surface area contributed by atoms with Crippen molar-refractivity contribution in [2.75, 3.05) is 11.9 Å². The maximum atomic E-state index is 10.6. The second-order valence-electron chi connectivity index (χ2n) is 3.38. The summed E-state index contributed by atoms with van der Waals surface area (Å²) >= 11 is 3.33. The van der Waals surface area contributed by atoms with Crippen LogP contribution in [0.5, 0.6) is 0 Å². The smallest absolute Gasteiger partial charge is 0.331 e. The summed E-state index contributed by atoms with van der Waals surface area (Å²) in [6.07, 6.45) is 1.59. The zero-order valence-electron chi connectivity index (χ0n) is 9.20. The quantitative estimate of drug-likeness (QED) is 0.838. The number of nitrogens with zero attached hydrogens (tertiary/aromatic N) is 1. The fraction of sp³-hybridized carbons (Fsp3) is 0.167. The van der Waals surface area contributed by atoms with E-state index in [-0.39, 0.29) is 0 Å². The third-order valence-corrected chi connectivity index (χ3v) is 2.79. The van der Waals surface area contributed by atoms with Crippen molar-refractivity contribution in [3.63, 3.8) is 0 Å². The number of aliphatic carboxylic acids is 1. The Kier molecular flexibility index (Phi) is 4.73. The Morgan fingerprint density at radius 1 is 1.65 bits per heavy atom. The van der Waals surface area contributed by atoms with Gasteiger partial charge in [-0.05, 0) is 41.1 Å². The van der Waals surface area contributed by atoms with E-state index in [9.17, 15) is 4.79 Å². The Bertz CT molecular complexity index is 504. The Hall–Kier alpha value is -1.80. The molecule has 0 spiro atoms. The van der Waals surface area contributed by atoms with E-state index in [0.717, 1.165) is 10.2 Å². The van der Waals surface area contributed by atoms with E-state index in [1.54, 1.807) is 24.3 Å². The lowest BCUT2D eigenvalue weighted by molar-refractivity contribution is -0.132. The van der Waals surface area contributed by atoms with E-state index in [4.69, 9.17) is 10.4 Å². The third-order valence-electron chi connectivity index (χ3n) is 2.14. The number of carbonyl (C=O) groups is 1. The van der Waals surface area contributed by atoms with E-state index < -0.39 is 5.97 Å². The minimum atomic E-state index is -0.925. The molecular formula is C12H11BrN2O2. The fourth-order valence-corrected chi connectivity index (χ4v) is 1.65. The number of nitriles is 1. The molecule has 0 aliphatic carbocycles. The van der Waals surface area contributed by atoms with Gasteiger partial charge in [0.2, 0.25) is 0 Å². The molecular weight excluding hydrogens is 284 g/mol. The highest BCUT2D eigenvalue weighted by Gasteiger charge is 2.01. The average molecular weight is 295 g/mol. The second-order valence-corrected chi connectivity index (χ2v) is 4.23. The molecule has 1 aromatic rings. The second kappa shape index (κ2) is 6.06. The summed E-state index contributed by atoms with van der Waals surface area (Å²) in [6.45, 7) is 1.96. The number of hydrogen-bond donors (Lipinski definition) is 2.